The molecule has 0 spiro atoms. The van der Waals surface area contributed by atoms with Crippen LogP contribution in [-0.2, 0) is 25.5 Å². The Hall–Kier alpha value is -5.12. The number of carbonyl (C=O) groups is 2. The van der Waals surface area contributed by atoms with Crippen molar-refractivity contribution in [2.45, 2.75) is 12.5 Å². The quantitative estimate of drug-likeness (QED) is 0.141. The van der Waals surface area contributed by atoms with Crippen molar-refractivity contribution in [1.82, 2.24) is 0 Å². The van der Waals surface area contributed by atoms with Gasteiger partial charge in [0.05, 0.1) is 7.11 Å². The maximum Gasteiger partial charge on any atom is 0.347 e. The van der Waals surface area contributed by atoms with Crippen LogP contribution < -0.4 is 0 Å². The zero-order valence-electron chi connectivity index (χ0n) is 19.4. The standard InChI is InChI=1S/C27H22O10/c1-35-27(34)24(11-14-2-6-18(28)21(31)10-14)36-25(33)9-5-15-3-8-20(30)26-17(15)13-23(37-26)16-4-7-19(29)22(32)12-16/h2-10,12-13,24,28-32H,11H2,1H3/b9-5+/t24-/m1/s1. The van der Waals surface area contributed by atoms with Gasteiger partial charge in [-0.3, -0.25) is 0 Å². The lowest BCUT2D eigenvalue weighted by atomic mass is 10.1. The second kappa shape index (κ2) is 10.2. The Bertz CT molecular complexity index is 1520. The molecule has 190 valence electrons. The fraction of sp³-hybridized carbons (Fsp3) is 0.111. The highest BCUT2D eigenvalue weighted by Gasteiger charge is 2.24. The fourth-order valence-corrected chi connectivity index (χ4v) is 3.65. The minimum absolute atomic E-state index is 0.103. The van der Waals surface area contributed by atoms with Crippen molar-refractivity contribution >= 4 is 29.0 Å². The molecule has 0 saturated heterocycles. The molecule has 0 aliphatic carbocycles. The van der Waals surface area contributed by atoms with E-state index in [1.807, 2.05) is 0 Å². The number of hydrogen-bond acceptors (Lipinski definition) is 10. The van der Waals surface area contributed by atoms with Crippen LogP contribution in [0.2, 0.25) is 0 Å². The molecule has 0 radical (unpaired) electrons. The molecule has 0 amide bonds. The number of methoxy groups -OCH3 is 1. The average Bonchev–Trinajstić information content (AvgIpc) is 3.33. The second-order valence-electron chi connectivity index (χ2n) is 8.04. The van der Waals surface area contributed by atoms with E-state index in [0.717, 1.165) is 13.2 Å². The molecule has 0 saturated carbocycles. The van der Waals surface area contributed by atoms with Gasteiger partial charge in [0.1, 0.15) is 5.76 Å². The van der Waals surface area contributed by atoms with Crippen molar-refractivity contribution in [3.63, 3.8) is 0 Å². The molecule has 3 aromatic carbocycles. The summed E-state index contributed by atoms with van der Waals surface area (Å²) < 4.78 is 15.7. The first-order valence-corrected chi connectivity index (χ1v) is 10.9. The van der Waals surface area contributed by atoms with Gasteiger partial charge in [-0.05, 0) is 59.7 Å². The Kier molecular flexibility index (Phi) is 6.92. The molecule has 10 heteroatoms. The van der Waals surface area contributed by atoms with E-state index in [1.165, 1.54) is 48.5 Å². The van der Waals surface area contributed by atoms with Crippen molar-refractivity contribution in [2.24, 2.45) is 0 Å². The monoisotopic (exact) mass is 506 g/mol. The molecule has 10 nitrogen and oxygen atoms in total. The Labute approximate surface area is 209 Å². The number of hydrogen-bond donors (Lipinski definition) is 5. The van der Waals surface area contributed by atoms with E-state index in [9.17, 15) is 35.1 Å². The Morgan fingerprint density at radius 3 is 2.22 bits per heavy atom. The van der Waals surface area contributed by atoms with E-state index in [2.05, 4.69) is 0 Å². The molecular weight excluding hydrogens is 484 g/mol. The van der Waals surface area contributed by atoms with Gasteiger partial charge in [-0.1, -0.05) is 12.1 Å². The Morgan fingerprint density at radius 2 is 1.54 bits per heavy atom. The van der Waals surface area contributed by atoms with Crippen LogP contribution in [0.3, 0.4) is 0 Å². The van der Waals surface area contributed by atoms with E-state index >= 15 is 0 Å². The lowest BCUT2D eigenvalue weighted by Crippen LogP contribution is -2.30. The van der Waals surface area contributed by atoms with Gasteiger partial charge in [0.25, 0.3) is 0 Å². The highest BCUT2D eigenvalue weighted by atomic mass is 16.6. The van der Waals surface area contributed by atoms with Crippen LogP contribution in [0, 0.1) is 0 Å². The van der Waals surface area contributed by atoms with E-state index in [1.54, 1.807) is 12.1 Å². The number of esters is 2. The molecule has 0 aliphatic rings. The van der Waals surface area contributed by atoms with E-state index in [4.69, 9.17) is 13.9 Å². The van der Waals surface area contributed by atoms with E-state index in [0.29, 0.717) is 27.8 Å². The molecule has 4 aromatic rings. The largest absolute Gasteiger partial charge is 0.504 e. The van der Waals surface area contributed by atoms with Crippen molar-refractivity contribution in [1.29, 1.82) is 0 Å². The summed E-state index contributed by atoms with van der Waals surface area (Å²) in [6, 6.07) is 12.6. The van der Waals surface area contributed by atoms with Crippen LogP contribution in [0.5, 0.6) is 28.7 Å². The number of phenols is 5. The van der Waals surface area contributed by atoms with Gasteiger partial charge < -0.3 is 39.4 Å². The second-order valence-corrected chi connectivity index (χ2v) is 8.04. The van der Waals surface area contributed by atoms with Gasteiger partial charge in [0, 0.05) is 23.4 Å². The predicted octanol–water partition coefficient (Wildman–Crippen LogP) is 3.97. The molecule has 1 aromatic heterocycles. The summed E-state index contributed by atoms with van der Waals surface area (Å²) >= 11 is 0. The molecule has 5 N–H and O–H groups in total. The lowest BCUT2D eigenvalue weighted by Gasteiger charge is -2.15. The summed E-state index contributed by atoms with van der Waals surface area (Å²) in [7, 11) is 1.14. The van der Waals surface area contributed by atoms with Crippen molar-refractivity contribution < 1.29 is 49.0 Å². The van der Waals surface area contributed by atoms with Gasteiger partial charge in [-0.15, -0.1) is 0 Å². The van der Waals surface area contributed by atoms with Crippen LogP contribution in [0.25, 0.3) is 28.4 Å². The van der Waals surface area contributed by atoms with E-state index < -0.39 is 18.0 Å². The third kappa shape index (κ3) is 5.43. The van der Waals surface area contributed by atoms with Gasteiger partial charge in [-0.25, -0.2) is 9.59 Å². The molecule has 0 aliphatic heterocycles. The van der Waals surface area contributed by atoms with Crippen LogP contribution in [0.1, 0.15) is 11.1 Å². The molecular formula is C27H22O10. The zero-order valence-corrected chi connectivity index (χ0v) is 19.4. The average molecular weight is 506 g/mol. The third-order valence-corrected chi connectivity index (χ3v) is 5.54. The van der Waals surface area contributed by atoms with E-state index in [-0.39, 0.29) is 40.8 Å². The summed E-state index contributed by atoms with van der Waals surface area (Å²) in [5.74, 6) is -2.86. The van der Waals surface area contributed by atoms with Gasteiger partial charge in [-0.2, -0.15) is 0 Å². The number of benzene rings is 3. The van der Waals surface area contributed by atoms with Gasteiger partial charge in [0.15, 0.2) is 34.3 Å². The molecule has 0 fully saturated rings. The zero-order chi connectivity index (χ0) is 26.7. The molecule has 37 heavy (non-hydrogen) atoms. The minimum atomic E-state index is -1.31. The number of furan rings is 1. The number of fused-ring (bicyclic) bond motifs is 1. The summed E-state index contributed by atoms with van der Waals surface area (Å²) in [5.41, 5.74) is 1.49. The Balaban J connectivity index is 1.57. The van der Waals surface area contributed by atoms with Crippen LogP contribution in [0.15, 0.2) is 65.1 Å². The van der Waals surface area contributed by atoms with Gasteiger partial charge >= 0.3 is 11.9 Å². The highest BCUT2D eigenvalue weighted by Crippen LogP contribution is 2.38. The number of aromatic hydroxyl groups is 5. The summed E-state index contributed by atoms with van der Waals surface area (Å²) in [4.78, 5) is 24.7. The maximum absolute atomic E-state index is 12.5. The van der Waals surface area contributed by atoms with Crippen LogP contribution >= 0.6 is 0 Å². The molecule has 1 atom stereocenters. The first-order valence-electron chi connectivity index (χ1n) is 10.9. The Morgan fingerprint density at radius 1 is 0.865 bits per heavy atom. The molecule has 0 unspecified atom stereocenters. The van der Waals surface area contributed by atoms with Crippen molar-refractivity contribution in [2.75, 3.05) is 7.11 Å². The summed E-state index contributed by atoms with van der Waals surface area (Å²) in [6.07, 6.45) is 1.09. The van der Waals surface area contributed by atoms with Crippen LogP contribution in [0.4, 0.5) is 0 Å². The predicted molar refractivity (Wildman–Crippen MR) is 131 cm³/mol. The van der Waals surface area contributed by atoms with Gasteiger partial charge in [0.2, 0.25) is 6.10 Å². The number of rotatable bonds is 7. The smallest absolute Gasteiger partial charge is 0.347 e. The fourth-order valence-electron chi connectivity index (χ4n) is 3.65. The van der Waals surface area contributed by atoms with Crippen molar-refractivity contribution in [3.05, 3.63) is 71.8 Å². The van der Waals surface area contributed by atoms with Crippen molar-refractivity contribution in [3.8, 4) is 40.1 Å². The first-order chi connectivity index (χ1) is 17.7. The minimum Gasteiger partial charge on any atom is -0.504 e. The topological polar surface area (TPSA) is 167 Å². The SMILES string of the molecule is COC(=O)[C@@H](Cc1ccc(O)c(O)c1)OC(=O)/C=C/c1ccc(O)c2oc(-c3ccc(O)c(O)c3)cc12. The first kappa shape index (κ1) is 25.0. The molecule has 1 heterocycles. The highest BCUT2D eigenvalue weighted by molar-refractivity contribution is 5.97. The summed E-state index contributed by atoms with van der Waals surface area (Å²) in [5, 5.41) is 49.1. The summed E-state index contributed by atoms with van der Waals surface area (Å²) in [6.45, 7) is 0. The number of ether oxygens (including phenoxy) is 2. The maximum atomic E-state index is 12.5. The lowest BCUT2D eigenvalue weighted by molar-refractivity contribution is -0.162. The molecule has 0 bridgehead atoms. The normalized spacial score (nSPS) is 12.0. The number of phenolic OH excluding ortho intramolecular Hbond substituents is 5. The van der Waals surface area contributed by atoms with Crippen LogP contribution in [-0.4, -0.2) is 50.7 Å². The number of carbonyl (C=O) groups excluding carboxylic acids is 2. The molecule has 4 rings (SSSR count). The third-order valence-electron chi connectivity index (χ3n) is 5.54.